The molecule has 0 bridgehead atoms. The van der Waals surface area contributed by atoms with E-state index in [1.54, 1.807) is 6.07 Å². The number of likely N-dealkylation sites (tertiary alicyclic amines) is 1. The molecule has 1 saturated heterocycles. The number of amides is 1. The van der Waals surface area contributed by atoms with Crippen molar-refractivity contribution in [2.24, 2.45) is 0 Å². The molecule has 0 N–H and O–H groups in total. The average molecular weight is 393 g/mol. The van der Waals surface area contributed by atoms with Crippen LogP contribution in [0.3, 0.4) is 0 Å². The summed E-state index contributed by atoms with van der Waals surface area (Å²) >= 11 is 6.65. The van der Waals surface area contributed by atoms with Crippen molar-refractivity contribution < 1.29 is 9.18 Å². The molecule has 1 fully saturated rings. The minimum absolute atomic E-state index is 0.0581. The predicted octanol–water partition coefficient (Wildman–Crippen LogP) is 4.37. The third kappa shape index (κ3) is 3.78. The molecule has 0 radical (unpaired) electrons. The van der Waals surface area contributed by atoms with Crippen LogP contribution in [-0.2, 0) is 0 Å². The van der Waals surface area contributed by atoms with Gasteiger partial charge in [0.15, 0.2) is 0 Å². The third-order valence-electron chi connectivity index (χ3n) is 3.42. The molecule has 19 heavy (non-hydrogen) atoms. The van der Waals surface area contributed by atoms with Crippen molar-refractivity contribution in [2.45, 2.75) is 31.7 Å². The van der Waals surface area contributed by atoms with Crippen molar-refractivity contribution in [3.63, 3.8) is 0 Å². The zero-order valence-corrected chi connectivity index (χ0v) is 13.7. The molecule has 0 spiro atoms. The number of hydrogen-bond acceptors (Lipinski definition) is 1. The first-order valence-electron chi connectivity index (χ1n) is 6.45. The topological polar surface area (TPSA) is 20.3 Å². The normalized spacial score (nSPS) is 18.9. The molecule has 1 unspecified atom stereocenters. The molecule has 1 heterocycles. The number of hydrogen-bond donors (Lipinski definition) is 0. The van der Waals surface area contributed by atoms with E-state index < -0.39 is 0 Å². The Morgan fingerprint density at radius 1 is 1.42 bits per heavy atom. The minimum Gasteiger partial charge on any atom is -0.336 e. The molecule has 104 valence electrons. The van der Waals surface area contributed by atoms with Crippen LogP contribution in [-0.4, -0.2) is 28.7 Å². The highest BCUT2D eigenvalue weighted by Gasteiger charge is 2.29. The Morgan fingerprint density at radius 3 is 2.89 bits per heavy atom. The van der Waals surface area contributed by atoms with Gasteiger partial charge >= 0.3 is 0 Å². The molecule has 1 atom stereocenters. The second kappa shape index (κ2) is 6.84. The van der Waals surface area contributed by atoms with Crippen molar-refractivity contribution in [3.05, 3.63) is 34.1 Å². The fraction of sp³-hybridized carbons (Fsp3) is 0.500. The van der Waals surface area contributed by atoms with Gasteiger partial charge in [0.1, 0.15) is 5.82 Å². The van der Waals surface area contributed by atoms with Gasteiger partial charge in [-0.2, -0.15) is 0 Å². The van der Waals surface area contributed by atoms with Crippen molar-refractivity contribution in [3.8, 4) is 0 Å². The molecular weight excluding hydrogens is 377 g/mol. The molecule has 1 aromatic rings. The number of nitrogens with zero attached hydrogens (tertiary/aromatic N) is 1. The second-order valence-electron chi connectivity index (χ2n) is 4.78. The lowest BCUT2D eigenvalue weighted by atomic mass is 10.1. The van der Waals surface area contributed by atoms with Crippen LogP contribution in [0.4, 0.5) is 4.39 Å². The molecule has 0 aromatic heterocycles. The largest absolute Gasteiger partial charge is 0.336 e. The quantitative estimate of drug-likeness (QED) is 0.696. The van der Waals surface area contributed by atoms with Gasteiger partial charge in [-0.15, -0.1) is 0 Å². The van der Waals surface area contributed by atoms with E-state index in [4.69, 9.17) is 0 Å². The third-order valence-corrected chi connectivity index (χ3v) is 4.44. The summed E-state index contributed by atoms with van der Waals surface area (Å²) in [5, 5.41) is 0.955. The van der Waals surface area contributed by atoms with Crippen LogP contribution in [0, 0.1) is 5.82 Å². The summed E-state index contributed by atoms with van der Waals surface area (Å²) in [4.78, 5) is 14.3. The van der Waals surface area contributed by atoms with E-state index in [1.165, 1.54) is 12.1 Å². The van der Waals surface area contributed by atoms with E-state index in [-0.39, 0.29) is 11.7 Å². The highest BCUT2D eigenvalue weighted by Crippen LogP contribution is 2.25. The number of rotatable bonds is 4. The van der Waals surface area contributed by atoms with E-state index in [0.717, 1.165) is 37.6 Å². The fourth-order valence-corrected chi connectivity index (χ4v) is 3.35. The summed E-state index contributed by atoms with van der Waals surface area (Å²) in [5.74, 6) is -0.439. The predicted molar refractivity (Wildman–Crippen MR) is 81.2 cm³/mol. The van der Waals surface area contributed by atoms with Gasteiger partial charge in [-0.05, 0) is 43.9 Å². The first-order valence-corrected chi connectivity index (χ1v) is 8.36. The zero-order valence-electron chi connectivity index (χ0n) is 10.5. The average Bonchev–Trinajstić information content (AvgIpc) is 2.82. The SMILES string of the molecule is O=C(c1cc(F)cc(Br)c1)N1CCCC1CCCBr. The highest BCUT2D eigenvalue weighted by molar-refractivity contribution is 9.10. The Balaban J connectivity index is 2.13. The summed E-state index contributed by atoms with van der Waals surface area (Å²) in [5.41, 5.74) is 0.428. The molecule has 2 rings (SSSR count). The van der Waals surface area contributed by atoms with E-state index in [1.807, 2.05) is 4.90 Å². The van der Waals surface area contributed by atoms with Crippen molar-refractivity contribution >= 4 is 37.8 Å². The van der Waals surface area contributed by atoms with E-state index in [9.17, 15) is 9.18 Å². The van der Waals surface area contributed by atoms with Crippen LogP contribution < -0.4 is 0 Å². The molecule has 5 heteroatoms. The van der Waals surface area contributed by atoms with Crippen molar-refractivity contribution in [2.75, 3.05) is 11.9 Å². The van der Waals surface area contributed by atoms with Crippen LogP contribution in [0.25, 0.3) is 0 Å². The van der Waals surface area contributed by atoms with Gasteiger partial charge in [0.25, 0.3) is 5.91 Å². The Morgan fingerprint density at radius 2 is 2.21 bits per heavy atom. The van der Waals surface area contributed by atoms with Crippen LogP contribution in [0.15, 0.2) is 22.7 Å². The second-order valence-corrected chi connectivity index (χ2v) is 6.49. The van der Waals surface area contributed by atoms with Crippen LogP contribution in [0.5, 0.6) is 0 Å². The van der Waals surface area contributed by atoms with Crippen LogP contribution >= 0.6 is 31.9 Å². The van der Waals surface area contributed by atoms with Gasteiger partial charge in [0.2, 0.25) is 0 Å². The van der Waals surface area contributed by atoms with Gasteiger partial charge in [0.05, 0.1) is 0 Å². The van der Waals surface area contributed by atoms with Gasteiger partial charge in [-0.25, -0.2) is 4.39 Å². The number of carbonyl (C=O) groups excluding carboxylic acids is 1. The summed E-state index contributed by atoms with van der Waals surface area (Å²) in [6, 6.07) is 4.66. The first-order chi connectivity index (χ1) is 9.11. The van der Waals surface area contributed by atoms with Gasteiger partial charge in [0, 0.05) is 28.0 Å². The van der Waals surface area contributed by atoms with Crippen molar-refractivity contribution in [1.82, 2.24) is 4.90 Å². The Labute approximate surface area is 129 Å². The number of halogens is 3. The molecule has 1 aliphatic rings. The van der Waals surface area contributed by atoms with E-state index in [0.29, 0.717) is 16.1 Å². The number of benzene rings is 1. The first kappa shape index (κ1) is 15.0. The zero-order chi connectivity index (χ0) is 13.8. The Hall–Kier alpha value is -0.420. The number of carbonyl (C=O) groups is 1. The fourth-order valence-electron chi connectivity index (χ4n) is 2.56. The maximum atomic E-state index is 13.4. The standard InChI is InChI=1S/C14H16Br2FNO/c15-5-1-3-13-4-2-6-18(13)14(19)10-7-11(16)9-12(17)8-10/h7-9,13H,1-6H2. The molecule has 0 aliphatic carbocycles. The molecule has 1 aliphatic heterocycles. The maximum absolute atomic E-state index is 13.4. The lowest BCUT2D eigenvalue weighted by Crippen LogP contribution is -2.35. The van der Waals surface area contributed by atoms with Gasteiger partial charge in [-0.1, -0.05) is 31.9 Å². The Bertz CT molecular complexity index is 447. The lowest BCUT2D eigenvalue weighted by molar-refractivity contribution is 0.0729. The van der Waals surface area contributed by atoms with Crippen molar-refractivity contribution in [1.29, 1.82) is 0 Å². The summed E-state index contributed by atoms with van der Waals surface area (Å²) in [6.45, 7) is 0.778. The smallest absolute Gasteiger partial charge is 0.254 e. The van der Waals surface area contributed by atoms with Crippen LogP contribution in [0.2, 0.25) is 0 Å². The van der Waals surface area contributed by atoms with E-state index >= 15 is 0 Å². The van der Waals surface area contributed by atoms with Gasteiger partial charge < -0.3 is 4.90 Å². The molecule has 2 nitrogen and oxygen atoms in total. The summed E-state index contributed by atoms with van der Waals surface area (Å²) in [6.07, 6.45) is 4.15. The monoisotopic (exact) mass is 391 g/mol. The molecule has 1 aromatic carbocycles. The summed E-state index contributed by atoms with van der Waals surface area (Å²) in [7, 11) is 0. The summed E-state index contributed by atoms with van der Waals surface area (Å²) < 4.78 is 14.0. The number of alkyl halides is 1. The van der Waals surface area contributed by atoms with Crippen LogP contribution in [0.1, 0.15) is 36.0 Å². The Kier molecular flexibility index (Phi) is 5.39. The molecule has 0 saturated carbocycles. The maximum Gasteiger partial charge on any atom is 0.254 e. The molecular formula is C14H16Br2FNO. The lowest BCUT2D eigenvalue weighted by Gasteiger charge is -2.24. The van der Waals surface area contributed by atoms with Gasteiger partial charge in [-0.3, -0.25) is 4.79 Å². The minimum atomic E-state index is -0.381. The molecule has 1 amide bonds. The van der Waals surface area contributed by atoms with E-state index in [2.05, 4.69) is 31.9 Å². The highest BCUT2D eigenvalue weighted by atomic mass is 79.9.